The van der Waals surface area contributed by atoms with Crippen molar-refractivity contribution >= 4 is 11.8 Å². The van der Waals surface area contributed by atoms with Crippen molar-refractivity contribution in [3.63, 3.8) is 0 Å². The topological polar surface area (TPSA) is 67.9 Å². The standard InChI is InChI=1S/C25H34N2O4/c1-18(2)26-25(29)19(3)27(16-15-20-9-7-6-8-10-20)24(28)14-12-21-11-13-22(30-4)23(17-21)31-5/h6-11,13,17-19H,12,14-16H2,1-5H3,(H,26,29). The first-order valence-electron chi connectivity index (χ1n) is 10.7. The maximum Gasteiger partial charge on any atom is 0.242 e. The molecule has 0 heterocycles. The first kappa shape index (κ1) is 24.3. The predicted octanol–water partition coefficient (Wildman–Crippen LogP) is 3.62. The van der Waals surface area contributed by atoms with E-state index in [0.29, 0.717) is 37.3 Å². The zero-order valence-corrected chi connectivity index (χ0v) is 19.2. The second kappa shape index (κ2) is 12.0. The van der Waals surface area contributed by atoms with E-state index >= 15 is 0 Å². The molecule has 1 unspecified atom stereocenters. The quantitative estimate of drug-likeness (QED) is 0.596. The van der Waals surface area contributed by atoms with Crippen LogP contribution >= 0.6 is 0 Å². The normalized spacial score (nSPS) is 11.7. The number of ether oxygens (including phenoxy) is 2. The lowest BCUT2D eigenvalue weighted by Crippen LogP contribution is -2.50. The minimum atomic E-state index is -0.538. The number of nitrogens with one attached hydrogen (secondary N) is 1. The number of carbonyl (C=O) groups is 2. The molecule has 6 nitrogen and oxygen atoms in total. The molecule has 2 amide bonds. The van der Waals surface area contributed by atoms with Crippen molar-refractivity contribution in [3.8, 4) is 11.5 Å². The lowest BCUT2D eigenvalue weighted by Gasteiger charge is -2.29. The highest BCUT2D eigenvalue weighted by Gasteiger charge is 2.26. The van der Waals surface area contributed by atoms with Crippen molar-refractivity contribution in [2.24, 2.45) is 0 Å². The lowest BCUT2D eigenvalue weighted by atomic mass is 10.1. The molecule has 6 heteroatoms. The zero-order chi connectivity index (χ0) is 22.8. The zero-order valence-electron chi connectivity index (χ0n) is 19.2. The van der Waals surface area contributed by atoms with E-state index in [1.165, 1.54) is 0 Å². The Hall–Kier alpha value is -3.02. The second-order valence-electron chi connectivity index (χ2n) is 7.85. The monoisotopic (exact) mass is 426 g/mol. The van der Waals surface area contributed by atoms with Crippen LogP contribution in [0.5, 0.6) is 11.5 Å². The molecule has 2 rings (SSSR count). The van der Waals surface area contributed by atoms with E-state index in [0.717, 1.165) is 11.1 Å². The highest BCUT2D eigenvalue weighted by atomic mass is 16.5. The van der Waals surface area contributed by atoms with E-state index in [2.05, 4.69) is 5.32 Å². The van der Waals surface area contributed by atoms with Gasteiger partial charge in [-0.05, 0) is 56.9 Å². The average molecular weight is 427 g/mol. The Bertz CT molecular complexity index is 852. The van der Waals surface area contributed by atoms with Crippen molar-refractivity contribution in [2.45, 2.75) is 52.1 Å². The number of nitrogens with zero attached hydrogens (tertiary/aromatic N) is 1. The van der Waals surface area contributed by atoms with Gasteiger partial charge in [-0.1, -0.05) is 36.4 Å². The van der Waals surface area contributed by atoms with Crippen LogP contribution in [-0.4, -0.2) is 49.6 Å². The summed E-state index contributed by atoms with van der Waals surface area (Å²) in [4.78, 5) is 27.4. The first-order chi connectivity index (χ1) is 14.8. The van der Waals surface area contributed by atoms with Gasteiger partial charge in [0.1, 0.15) is 6.04 Å². The van der Waals surface area contributed by atoms with Gasteiger partial charge in [0, 0.05) is 19.0 Å². The first-order valence-corrected chi connectivity index (χ1v) is 10.7. The number of amides is 2. The molecular weight excluding hydrogens is 392 g/mol. The largest absolute Gasteiger partial charge is 0.493 e. The molecule has 1 atom stereocenters. The van der Waals surface area contributed by atoms with Crippen molar-refractivity contribution in [1.29, 1.82) is 0 Å². The molecule has 0 saturated carbocycles. The Morgan fingerprint density at radius 2 is 1.58 bits per heavy atom. The number of carbonyl (C=O) groups excluding carboxylic acids is 2. The summed E-state index contributed by atoms with van der Waals surface area (Å²) in [5.41, 5.74) is 2.12. The van der Waals surface area contributed by atoms with Crippen LogP contribution in [0.3, 0.4) is 0 Å². The lowest BCUT2D eigenvalue weighted by molar-refractivity contribution is -0.140. The van der Waals surface area contributed by atoms with Crippen LogP contribution in [-0.2, 0) is 22.4 Å². The summed E-state index contributed by atoms with van der Waals surface area (Å²) in [6.45, 7) is 6.11. The van der Waals surface area contributed by atoms with E-state index in [-0.39, 0.29) is 17.9 Å². The Morgan fingerprint density at radius 3 is 2.19 bits per heavy atom. The van der Waals surface area contributed by atoms with E-state index in [1.54, 1.807) is 26.0 Å². The highest BCUT2D eigenvalue weighted by Crippen LogP contribution is 2.28. The van der Waals surface area contributed by atoms with Crippen LogP contribution in [0, 0.1) is 0 Å². The van der Waals surface area contributed by atoms with Crippen LogP contribution in [0.4, 0.5) is 0 Å². The fourth-order valence-corrected chi connectivity index (χ4v) is 3.41. The second-order valence-corrected chi connectivity index (χ2v) is 7.85. The Balaban J connectivity index is 2.10. The Kier molecular flexibility index (Phi) is 9.38. The smallest absolute Gasteiger partial charge is 0.242 e. The van der Waals surface area contributed by atoms with Crippen LogP contribution < -0.4 is 14.8 Å². The van der Waals surface area contributed by atoms with Crippen LogP contribution in [0.2, 0.25) is 0 Å². The van der Waals surface area contributed by atoms with Crippen LogP contribution in [0.1, 0.15) is 38.3 Å². The van der Waals surface area contributed by atoms with E-state index < -0.39 is 6.04 Å². The fourth-order valence-electron chi connectivity index (χ4n) is 3.41. The van der Waals surface area contributed by atoms with Gasteiger partial charge >= 0.3 is 0 Å². The summed E-state index contributed by atoms with van der Waals surface area (Å²) in [5.74, 6) is 1.11. The van der Waals surface area contributed by atoms with E-state index in [4.69, 9.17) is 9.47 Å². The fraction of sp³-hybridized carbons (Fsp3) is 0.440. The van der Waals surface area contributed by atoms with Crippen molar-refractivity contribution in [1.82, 2.24) is 10.2 Å². The third-order valence-corrected chi connectivity index (χ3v) is 5.16. The minimum Gasteiger partial charge on any atom is -0.493 e. The third-order valence-electron chi connectivity index (χ3n) is 5.16. The van der Waals surface area contributed by atoms with Gasteiger partial charge in [0.15, 0.2) is 11.5 Å². The molecule has 2 aromatic carbocycles. The van der Waals surface area contributed by atoms with Gasteiger partial charge in [0.05, 0.1) is 14.2 Å². The van der Waals surface area contributed by atoms with Crippen molar-refractivity contribution in [3.05, 3.63) is 59.7 Å². The molecule has 0 saturated heterocycles. The van der Waals surface area contributed by atoms with Gasteiger partial charge < -0.3 is 19.7 Å². The maximum absolute atomic E-state index is 13.1. The number of hydrogen-bond donors (Lipinski definition) is 1. The highest BCUT2D eigenvalue weighted by molar-refractivity contribution is 5.87. The molecule has 0 aliphatic heterocycles. The predicted molar refractivity (Wildman–Crippen MR) is 122 cm³/mol. The molecule has 0 aliphatic rings. The minimum absolute atomic E-state index is 0.0211. The molecule has 0 radical (unpaired) electrons. The molecular formula is C25H34N2O4. The summed E-state index contributed by atoms with van der Waals surface area (Å²) in [6, 6.07) is 15.1. The van der Waals surface area contributed by atoms with E-state index in [9.17, 15) is 9.59 Å². The SMILES string of the molecule is COc1ccc(CCC(=O)N(CCc2ccccc2)C(C)C(=O)NC(C)C)cc1OC. The number of benzene rings is 2. The average Bonchev–Trinajstić information content (AvgIpc) is 2.77. The number of rotatable bonds is 11. The van der Waals surface area contributed by atoms with Gasteiger partial charge in [-0.15, -0.1) is 0 Å². The van der Waals surface area contributed by atoms with Gasteiger partial charge in [-0.2, -0.15) is 0 Å². The van der Waals surface area contributed by atoms with Gasteiger partial charge in [0.2, 0.25) is 11.8 Å². The molecule has 0 fully saturated rings. The summed E-state index contributed by atoms with van der Waals surface area (Å²) < 4.78 is 10.6. The maximum atomic E-state index is 13.1. The van der Waals surface area contributed by atoms with E-state index in [1.807, 2.05) is 62.4 Å². The third kappa shape index (κ3) is 7.31. The molecule has 168 valence electrons. The number of aryl methyl sites for hydroxylation is 1. The molecule has 0 spiro atoms. The summed E-state index contributed by atoms with van der Waals surface area (Å²) in [7, 11) is 3.18. The summed E-state index contributed by atoms with van der Waals surface area (Å²) in [5, 5.41) is 2.91. The summed E-state index contributed by atoms with van der Waals surface area (Å²) >= 11 is 0. The van der Waals surface area contributed by atoms with Gasteiger partial charge in [-0.3, -0.25) is 9.59 Å². The molecule has 31 heavy (non-hydrogen) atoms. The number of methoxy groups -OCH3 is 2. The molecule has 1 N–H and O–H groups in total. The van der Waals surface area contributed by atoms with Gasteiger partial charge in [-0.25, -0.2) is 0 Å². The number of hydrogen-bond acceptors (Lipinski definition) is 4. The molecule has 0 bridgehead atoms. The van der Waals surface area contributed by atoms with Crippen LogP contribution in [0.25, 0.3) is 0 Å². The van der Waals surface area contributed by atoms with Crippen LogP contribution in [0.15, 0.2) is 48.5 Å². The molecule has 2 aromatic rings. The summed E-state index contributed by atoms with van der Waals surface area (Å²) in [6.07, 6.45) is 1.56. The van der Waals surface area contributed by atoms with Crippen molar-refractivity contribution in [2.75, 3.05) is 20.8 Å². The Labute approximate surface area is 185 Å². The molecule has 0 aliphatic carbocycles. The Morgan fingerprint density at radius 1 is 0.903 bits per heavy atom. The van der Waals surface area contributed by atoms with Gasteiger partial charge in [0.25, 0.3) is 0 Å². The molecule has 0 aromatic heterocycles. The van der Waals surface area contributed by atoms with Crippen molar-refractivity contribution < 1.29 is 19.1 Å².